The molecule has 0 saturated heterocycles. The molecule has 3 aromatic rings. The molecule has 0 aromatic heterocycles. The van der Waals surface area contributed by atoms with Gasteiger partial charge in [0.15, 0.2) is 5.72 Å². The maximum Gasteiger partial charge on any atom is 0.269 e. The molecule has 4 rings (SSSR count). The van der Waals surface area contributed by atoms with Crippen LogP contribution in [0.15, 0.2) is 78.9 Å². The van der Waals surface area contributed by atoms with E-state index in [0.717, 1.165) is 0 Å². The maximum absolute atomic E-state index is 13.0. The third-order valence-electron chi connectivity index (χ3n) is 4.55. The van der Waals surface area contributed by atoms with Crippen LogP contribution in [0, 0.1) is 10.1 Å². The van der Waals surface area contributed by atoms with Gasteiger partial charge in [0.25, 0.3) is 11.6 Å². The molecular formula is C20H14N2O4. The molecule has 6 nitrogen and oxygen atoms in total. The zero-order chi connectivity index (χ0) is 18.3. The molecule has 6 heteroatoms. The molecule has 0 unspecified atom stereocenters. The lowest BCUT2D eigenvalue weighted by Gasteiger charge is -2.34. The summed E-state index contributed by atoms with van der Waals surface area (Å²) in [5, 5.41) is 22.5. The highest BCUT2D eigenvalue weighted by Gasteiger charge is 2.50. The molecule has 1 aliphatic heterocycles. The Morgan fingerprint density at radius 1 is 0.885 bits per heavy atom. The van der Waals surface area contributed by atoms with E-state index in [1.165, 1.54) is 29.2 Å². The average Bonchev–Trinajstić information content (AvgIpc) is 2.91. The number of carbonyl (C=O) groups excluding carboxylic acids is 1. The van der Waals surface area contributed by atoms with E-state index in [2.05, 4.69) is 0 Å². The Hall–Kier alpha value is -3.51. The Labute approximate surface area is 149 Å². The third kappa shape index (κ3) is 2.20. The van der Waals surface area contributed by atoms with Crippen molar-refractivity contribution in [3.8, 4) is 0 Å². The van der Waals surface area contributed by atoms with E-state index in [1.54, 1.807) is 48.5 Å². The largest absolute Gasteiger partial charge is 0.363 e. The van der Waals surface area contributed by atoms with Gasteiger partial charge in [-0.3, -0.25) is 19.8 Å². The number of fused-ring (bicyclic) bond motifs is 1. The zero-order valence-electron chi connectivity index (χ0n) is 13.6. The van der Waals surface area contributed by atoms with Gasteiger partial charge in [-0.1, -0.05) is 48.5 Å². The normalized spacial score (nSPS) is 18.7. The van der Waals surface area contributed by atoms with Gasteiger partial charge < -0.3 is 5.11 Å². The SMILES string of the molecule is O=C1c2ccccc2[C@@](O)(c2ccccc2)N1c1ccc([N+](=O)[O-])cc1. The van der Waals surface area contributed by atoms with Crippen LogP contribution < -0.4 is 4.90 Å². The first-order chi connectivity index (χ1) is 12.5. The minimum Gasteiger partial charge on any atom is -0.363 e. The minimum absolute atomic E-state index is 0.0823. The number of hydrogen-bond donors (Lipinski definition) is 1. The zero-order valence-corrected chi connectivity index (χ0v) is 13.6. The van der Waals surface area contributed by atoms with Crippen molar-refractivity contribution < 1.29 is 14.8 Å². The summed E-state index contributed by atoms with van der Waals surface area (Å²) in [4.78, 5) is 24.7. The van der Waals surface area contributed by atoms with Crippen LogP contribution in [0.5, 0.6) is 0 Å². The number of aliphatic hydroxyl groups is 1. The lowest BCUT2D eigenvalue weighted by Crippen LogP contribution is -2.45. The molecule has 0 fully saturated rings. The van der Waals surface area contributed by atoms with Gasteiger partial charge >= 0.3 is 0 Å². The highest BCUT2D eigenvalue weighted by atomic mass is 16.6. The third-order valence-corrected chi connectivity index (χ3v) is 4.55. The number of anilines is 1. The first-order valence-corrected chi connectivity index (χ1v) is 8.00. The van der Waals surface area contributed by atoms with E-state index in [4.69, 9.17) is 0 Å². The highest BCUT2D eigenvalue weighted by molar-refractivity contribution is 6.12. The number of benzene rings is 3. The van der Waals surface area contributed by atoms with E-state index < -0.39 is 10.6 Å². The Morgan fingerprint density at radius 2 is 1.50 bits per heavy atom. The molecule has 1 atom stereocenters. The molecule has 0 aliphatic carbocycles. The van der Waals surface area contributed by atoms with Crippen molar-refractivity contribution in [2.45, 2.75) is 5.72 Å². The van der Waals surface area contributed by atoms with Gasteiger partial charge in [-0.2, -0.15) is 0 Å². The van der Waals surface area contributed by atoms with Crippen LogP contribution in [0.4, 0.5) is 11.4 Å². The predicted octanol–water partition coefficient (Wildman–Crippen LogP) is 3.45. The topological polar surface area (TPSA) is 83.7 Å². The van der Waals surface area contributed by atoms with Crippen LogP contribution >= 0.6 is 0 Å². The fourth-order valence-corrected chi connectivity index (χ4v) is 3.34. The van der Waals surface area contributed by atoms with Crippen molar-refractivity contribution in [1.82, 2.24) is 0 Å². The number of carbonyl (C=O) groups is 1. The van der Waals surface area contributed by atoms with Crippen molar-refractivity contribution >= 4 is 17.3 Å². The van der Waals surface area contributed by atoms with Gasteiger partial charge in [-0.15, -0.1) is 0 Å². The summed E-state index contributed by atoms with van der Waals surface area (Å²) in [7, 11) is 0. The van der Waals surface area contributed by atoms with E-state index in [1.807, 2.05) is 6.07 Å². The molecule has 128 valence electrons. The number of nitro benzene ring substituents is 1. The van der Waals surface area contributed by atoms with Crippen molar-refractivity contribution in [2.75, 3.05) is 4.90 Å². The smallest absolute Gasteiger partial charge is 0.269 e. The summed E-state index contributed by atoms with van der Waals surface area (Å²) in [5.41, 5.74) is 0.0261. The molecule has 1 N–H and O–H groups in total. The Morgan fingerprint density at radius 3 is 2.15 bits per heavy atom. The second kappa shape index (κ2) is 5.79. The molecular weight excluding hydrogens is 332 g/mol. The molecule has 3 aromatic carbocycles. The summed E-state index contributed by atoms with van der Waals surface area (Å²) in [6.07, 6.45) is 0. The van der Waals surface area contributed by atoms with E-state index >= 15 is 0 Å². The van der Waals surface area contributed by atoms with Crippen molar-refractivity contribution in [2.24, 2.45) is 0 Å². The maximum atomic E-state index is 13.0. The van der Waals surface area contributed by atoms with Gasteiger partial charge in [-0.05, 0) is 18.2 Å². The molecule has 0 bridgehead atoms. The van der Waals surface area contributed by atoms with E-state index in [9.17, 15) is 20.0 Å². The fraction of sp³-hybridized carbons (Fsp3) is 0.0500. The molecule has 1 amide bonds. The van der Waals surface area contributed by atoms with E-state index in [-0.39, 0.29) is 11.6 Å². The van der Waals surface area contributed by atoms with E-state index in [0.29, 0.717) is 22.4 Å². The molecule has 0 spiro atoms. The first-order valence-electron chi connectivity index (χ1n) is 8.00. The summed E-state index contributed by atoms with van der Waals surface area (Å²) in [5.74, 6) is -0.360. The van der Waals surface area contributed by atoms with Gasteiger partial charge in [0.1, 0.15) is 0 Å². The van der Waals surface area contributed by atoms with Gasteiger partial charge in [0.05, 0.1) is 4.92 Å². The van der Waals surface area contributed by atoms with Gasteiger partial charge in [0.2, 0.25) is 0 Å². The lowest BCUT2D eigenvalue weighted by atomic mass is 9.93. The van der Waals surface area contributed by atoms with Crippen molar-refractivity contribution in [1.29, 1.82) is 0 Å². The first kappa shape index (κ1) is 16.0. The number of non-ortho nitro benzene ring substituents is 1. The highest BCUT2D eigenvalue weighted by Crippen LogP contribution is 2.44. The number of amides is 1. The van der Waals surface area contributed by atoms with Gasteiger partial charge in [0, 0.05) is 34.5 Å². The standard InChI is InChI=1S/C20H14N2O4/c23-19-17-8-4-5-9-18(17)20(24,14-6-2-1-3-7-14)21(19)15-10-12-16(13-11-15)22(25)26/h1-13,24H/t20-/m0/s1. The summed E-state index contributed by atoms with van der Waals surface area (Å²) in [6, 6.07) is 21.3. The molecule has 26 heavy (non-hydrogen) atoms. The summed E-state index contributed by atoms with van der Waals surface area (Å²) in [6.45, 7) is 0. The quantitative estimate of drug-likeness (QED) is 0.581. The predicted molar refractivity (Wildman–Crippen MR) is 95.8 cm³/mol. The number of hydrogen-bond acceptors (Lipinski definition) is 4. The van der Waals surface area contributed by atoms with Crippen LogP contribution in [0.1, 0.15) is 21.5 Å². The second-order valence-electron chi connectivity index (χ2n) is 6.00. The number of nitro groups is 1. The van der Waals surface area contributed by atoms with Crippen LogP contribution in [-0.4, -0.2) is 15.9 Å². The Balaban J connectivity index is 1.93. The Bertz CT molecular complexity index is 1000. The molecule has 0 saturated carbocycles. The molecule has 0 radical (unpaired) electrons. The van der Waals surface area contributed by atoms with Crippen molar-refractivity contribution in [3.05, 3.63) is 106 Å². The van der Waals surface area contributed by atoms with Crippen LogP contribution in [0.3, 0.4) is 0 Å². The second-order valence-corrected chi connectivity index (χ2v) is 6.00. The summed E-state index contributed by atoms with van der Waals surface area (Å²) >= 11 is 0. The molecule has 1 heterocycles. The van der Waals surface area contributed by atoms with Crippen molar-refractivity contribution in [3.63, 3.8) is 0 Å². The fourth-order valence-electron chi connectivity index (χ4n) is 3.34. The summed E-state index contributed by atoms with van der Waals surface area (Å²) < 4.78 is 0. The lowest BCUT2D eigenvalue weighted by molar-refractivity contribution is -0.384. The average molecular weight is 346 g/mol. The number of rotatable bonds is 3. The van der Waals surface area contributed by atoms with Crippen LogP contribution in [-0.2, 0) is 5.72 Å². The van der Waals surface area contributed by atoms with Crippen LogP contribution in [0.25, 0.3) is 0 Å². The van der Waals surface area contributed by atoms with Gasteiger partial charge in [-0.25, -0.2) is 0 Å². The Kier molecular flexibility index (Phi) is 3.56. The molecule has 1 aliphatic rings. The minimum atomic E-state index is -1.69. The number of nitrogens with zero attached hydrogens (tertiary/aromatic N) is 2. The van der Waals surface area contributed by atoms with Crippen LogP contribution in [0.2, 0.25) is 0 Å². The monoisotopic (exact) mass is 346 g/mol.